The van der Waals surface area contributed by atoms with Gasteiger partial charge in [-0.2, -0.15) is 0 Å². The SMILES string of the molecule is CCC(C)(C)n1nnnc1C(c1cc2ccc(C)cc2[nH]c1=O)N1CCN(c2nc3ccccc3s2)CC1. The Balaban J connectivity index is 1.38. The summed E-state index contributed by atoms with van der Waals surface area (Å²) in [6.45, 7) is 11.5. The Kier molecular flexibility index (Phi) is 6.23. The van der Waals surface area contributed by atoms with Gasteiger partial charge in [-0.1, -0.05) is 42.5 Å². The summed E-state index contributed by atoms with van der Waals surface area (Å²) >= 11 is 1.73. The van der Waals surface area contributed by atoms with E-state index in [-0.39, 0.29) is 17.1 Å². The zero-order valence-corrected chi connectivity index (χ0v) is 23.0. The lowest BCUT2D eigenvalue weighted by molar-refractivity contribution is 0.186. The highest BCUT2D eigenvalue weighted by Crippen LogP contribution is 2.33. The molecule has 3 aromatic heterocycles. The Morgan fingerprint density at radius 3 is 2.63 bits per heavy atom. The summed E-state index contributed by atoms with van der Waals surface area (Å²) in [5.41, 5.74) is 3.25. The summed E-state index contributed by atoms with van der Waals surface area (Å²) in [5, 5.41) is 15.0. The molecule has 1 atom stereocenters. The lowest BCUT2D eigenvalue weighted by Gasteiger charge is -2.39. The van der Waals surface area contributed by atoms with E-state index >= 15 is 0 Å². The lowest BCUT2D eigenvalue weighted by Crippen LogP contribution is -2.49. The molecule has 2 aromatic carbocycles. The number of para-hydroxylation sites is 1. The van der Waals surface area contributed by atoms with Crippen LogP contribution >= 0.6 is 11.3 Å². The highest BCUT2D eigenvalue weighted by molar-refractivity contribution is 7.22. The number of nitrogens with zero attached hydrogens (tertiary/aromatic N) is 7. The van der Waals surface area contributed by atoms with Crippen molar-refractivity contribution in [3.8, 4) is 0 Å². The van der Waals surface area contributed by atoms with Gasteiger partial charge in [-0.05, 0) is 72.8 Å². The van der Waals surface area contributed by atoms with Gasteiger partial charge in [0.05, 0.1) is 15.8 Å². The van der Waals surface area contributed by atoms with Crippen LogP contribution in [-0.4, -0.2) is 61.3 Å². The van der Waals surface area contributed by atoms with E-state index in [0.29, 0.717) is 11.4 Å². The minimum Gasteiger partial charge on any atom is -0.345 e. The zero-order valence-electron chi connectivity index (χ0n) is 22.2. The molecular weight excluding hydrogens is 496 g/mol. The maximum absolute atomic E-state index is 13.6. The predicted octanol–water partition coefficient (Wildman–Crippen LogP) is 4.49. The fourth-order valence-electron chi connectivity index (χ4n) is 5.15. The third-order valence-electron chi connectivity index (χ3n) is 7.73. The molecule has 0 aliphatic carbocycles. The number of thiazole rings is 1. The van der Waals surface area contributed by atoms with Crippen molar-refractivity contribution in [3.05, 3.63) is 75.8 Å². The molecule has 0 bridgehead atoms. The third-order valence-corrected chi connectivity index (χ3v) is 8.83. The molecule has 1 aliphatic heterocycles. The largest absolute Gasteiger partial charge is 0.345 e. The normalized spacial score (nSPS) is 15.9. The number of fused-ring (bicyclic) bond motifs is 2. The Hall–Kier alpha value is -3.63. The fraction of sp³-hybridized carbons (Fsp3) is 0.393. The van der Waals surface area contributed by atoms with Crippen LogP contribution in [0, 0.1) is 6.92 Å². The van der Waals surface area contributed by atoms with Crippen LogP contribution in [0.15, 0.2) is 53.3 Å². The van der Waals surface area contributed by atoms with E-state index < -0.39 is 0 Å². The quantitative estimate of drug-likeness (QED) is 0.347. The van der Waals surface area contributed by atoms with E-state index in [1.807, 2.05) is 29.8 Å². The summed E-state index contributed by atoms with van der Waals surface area (Å²) in [6, 6.07) is 16.0. The van der Waals surface area contributed by atoms with Crippen molar-refractivity contribution in [2.45, 2.75) is 45.7 Å². The van der Waals surface area contributed by atoms with E-state index in [1.54, 1.807) is 11.3 Å². The van der Waals surface area contributed by atoms with E-state index in [9.17, 15) is 4.79 Å². The Morgan fingerprint density at radius 2 is 1.87 bits per heavy atom. The molecular formula is C28H32N8OS. The highest BCUT2D eigenvalue weighted by atomic mass is 32.1. The van der Waals surface area contributed by atoms with Crippen LogP contribution in [0.1, 0.15) is 50.2 Å². The molecule has 0 saturated carbocycles. The second kappa shape index (κ2) is 9.59. The molecule has 0 amide bonds. The molecule has 1 fully saturated rings. The topological polar surface area (TPSA) is 95.8 Å². The number of aromatic nitrogens is 6. The molecule has 1 N–H and O–H groups in total. The van der Waals surface area contributed by atoms with Gasteiger partial charge in [0, 0.05) is 37.3 Å². The number of aromatic amines is 1. The van der Waals surface area contributed by atoms with Crippen molar-refractivity contribution >= 4 is 37.6 Å². The highest BCUT2D eigenvalue weighted by Gasteiger charge is 2.36. The van der Waals surface area contributed by atoms with Crippen molar-refractivity contribution in [2.75, 3.05) is 31.1 Å². The lowest BCUT2D eigenvalue weighted by atomic mass is 9.98. The van der Waals surface area contributed by atoms with Gasteiger partial charge in [-0.15, -0.1) is 5.10 Å². The molecule has 1 saturated heterocycles. The maximum atomic E-state index is 13.6. The number of nitrogens with one attached hydrogen (secondary N) is 1. The third kappa shape index (κ3) is 4.37. The van der Waals surface area contributed by atoms with Crippen molar-refractivity contribution in [1.82, 2.24) is 35.1 Å². The maximum Gasteiger partial charge on any atom is 0.253 e. The van der Waals surface area contributed by atoms with Gasteiger partial charge in [0.15, 0.2) is 11.0 Å². The molecule has 6 rings (SSSR count). The monoisotopic (exact) mass is 528 g/mol. The number of H-pyrrole nitrogens is 1. The summed E-state index contributed by atoms with van der Waals surface area (Å²) < 4.78 is 3.10. The van der Waals surface area contributed by atoms with Crippen molar-refractivity contribution in [3.63, 3.8) is 0 Å². The van der Waals surface area contributed by atoms with Crippen LogP contribution < -0.4 is 10.5 Å². The van der Waals surface area contributed by atoms with Crippen LogP contribution in [0.3, 0.4) is 0 Å². The van der Waals surface area contributed by atoms with E-state index in [0.717, 1.165) is 59.7 Å². The summed E-state index contributed by atoms with van der Waals surface area (Å²) in [4.78, 5) is 26.2. The number of tetrazole rings is 1. The predicted molar refractivity (Wildman–Crippen MR) is 152 cm³/mol. The van der Waals surface area contributed by atoms with Crippen LogP contribution in [0.5, 0.6) is 0 Å². The van der Waals surface area contributed by atoms with Crippen LogP contribution in [-0.2, 0) is 5.54 Å². The summed E-state index contributed by atoms with van der Waals surface area (Å²) in [7, 11) is 0. The minimum absolute atomic E-state index is 0.106. The van der Waals surface area contributed by atoms with Crippen molar-refractivity contribution in [2.24, 2.45) is 0 Å². The minimum atomic E-state index is -0.372. The number of hydrogen-bond acceptors (Lipinski definition) is 8. The first-order valence-electron chi connectivity index (χ1n) is 13.1. The fourth-order valence-corrected chi connectivity index (χ4v) is 6.16. The van der Waals surface area contributed by atoms with Gasteiger partial charge < -0.3 is 9.88 Å². The smallest absolute Gasteiger partial charge is 0.253 e. The number of pyridine rings is 1. The van der Waals surface area contributed by atoms with E-state index in [4.69, 9.17) is 4.98 Å². The van der Waals surface area contributed by atoms with Gasteiger partial charge in [0.1, 0.15) is 6.04 Å². The van der Waals surface area contributed by atoms with Crippen molar-refractivity contribution < 1.29 is 0 Å². The summed E-state index contributed by atoms with van der Waals surface area (Å²) in [5.74, 6) is 0.697. The second-order valence-electron chi connectivity index (χ2n) is 10.6. The van der Waals surface area contributed by atoms with Crippen LogP contribution in [0.25, 0.3) is 21.1 Å². The van der Waals surface area contributed by atoms with E-state index in [1.165, 1.54) is 4.70 Å². The number of rotatable bonds is 6. The van der Waals surface area contributed by atoms with Gasteiger partial charge in [0.25, 0.3) is 5.56 Å². The second-order valence-corrected chi connectivity index (χ2v) is 11.7. The molecule has 1 unspecified atom stereocenters. The first-order chi connectivity index (χ1) is 18.3. The van der Waals surface area contributed by atoms with Gasteiger partial charge >= 0.3 is 0 Å². The molecule has 10 heteroatoms. The average Bonchev–Trinajstić information content (AvgIpc) is 3.58. The number of piperazine rings is 1. The van der Waals surface area contributed by atoms with Gasteiger partial charge in [-0.3, -0.25) is 9.69 Å². The first-order valence-corrected chi connectivity index (χ1v) is 13.9. The van der Waals surface area contributed by atoms with E-state index in [2.05, 4.69) is 81.4 Å². The van der Waals surface area contributed by atoms with Gasteiger partial charge in [-0.25, -0.2) is 9.67 Å². The van der Waals surface area contributed by atoms with Crippen LogP contribution in [0.4, 0.5) is 5.13 Å². The average molecular weight is 529 g/mol. The molecule has 0 radical (unpaired) electrons. The van der Waals surface area contributed by atoms with Gasteiger partial charge in [0.2, 0.25) is 0 Å². The first kappa shape index (κ1) is 24.7. The molecule has 38 heavy (non-hydrogen) atoms. The Morgan fingerprint density at radius 1 is 1.08 bits per heavy atom. The number of aryl methyl sites for hydroxylation is 1. The molecule has 9 nitrogen and oxygen atoms in total. The van der Waals surface area contributed by atoms with Crippen LogP contribution in [0.2, 0.25) is 0 Å². The molecule has 4 heterocycles. The number of anilines is 1. The molecule has 5 aromatic rings. The molecule has 1 aliphatic rings. The Labute approximate surface area is 225 Å². The standard InChI is InChI=1S/C28H32N8OS/c1-5-28(3,4)36-25(31-32-33-36)24(20-17-19-11-10-18(2)16-22(19)29-26(20)37)34-12-14-35(15-13-34)27-30-21-8-6-7-9-23(21)38-27/h6-11,16-17,24H,5,12-15H2,1-4H3,(H,29,37). The van der Waals surface area contributed by atoms with Crippen molar-refractivity contribution in [1.29, 1.82) is 0 Å². The Bertz CT molecular complexity index is 1630. The number of benzene rings is 2. The molecule has 196 valence electrons. The number of hydrogen-bond donors (Lipinski definition) is 1. The zero-order chi connectivity index (χ0) is 26.4. The molecule has 0 spiro atoms. The summed E-state index contributed by atoms with van der Waals surface area (Å²) in [6.07, 6.45) is 0.858.